The highest BCUT2D eigenvalue weighted by atomic mass is 16.6. The molecule has 2 amide bonds. The predicted molar refractivity (Wildman–Crippen MR) is 106 cm³/mol. The average molecular weight is 410 g/mol. The molecule has 9 nitrogen and oxygen atoms in total. The molecule has 4 N–H and O–H groups in total. The summed E-state index contributed by atoms with van der Waals surface area (Å²) in [6, 6.07) is 2.55. The largest absolute Gasteiger partial charge is 0.507 e. The first kappa shape index (κ1) is 24.1. The molecular formula is C20H30N2O7. The van der Waals surface area contributed by atoms with Crippen LogP contribution in [-0.2, 0) is 16.1 Å². The van der Waals surface area contributed by atoms with E-state index in [-0.39, 0.29) is 24.4 Å². The number of alkyl carbamates (subject to hydrolysis) is 1. The molecular weight excluding hydrogens is 380 g/mol. The molecule has 0 saturated heterocycles. The number of benzene rings is 1. The third-order valence-corrected chi connectivity index (χ3v) is 4.02. The molecule has 29 heavy (non-hydrogen) atoms. The summed E-state index contributed by atoms with van der Waals surface area (Å²) in [4.78, 5) is 36.2. The van der Waals surface area contributed by atoms with Crippen LogP contribution in [0.25, 0.3) is 0 Å². The Hall–Kier alpha value is -2.97. The van der Waals surface area contributed by atoms with Crippen molar-refractivity contribution in [3.63, 3.8) is 0 Å². The van der Waals surface area contributed by atoms with E-state index < -0.39 is 34.7 Å². The van der Waals surface area contributed by atoms with Gasteiger partial charge in [-0.2, -0.15) is 0 Å². The van der Waals surface area contributed by atoms with Crippen molar-refractivity contribution in [2.24, 2.45) is 0 Å². The summed E-state index contributed by atoms with van der Waals surface area (Å²) in [5.74, 6) is -2.69. The van der Waals surface area contributed by atoms with E-state index in [1.807, 2.05) is 0 Å². The molecule has 0 radical (unpaired) electrons. The van der Waals surface area contributed by atoms with Crippen LogP contribution in [0.3, 0.4) is 0 Å². The topological polar surface area (TPSA) is 136 Å². The van der Waals surface area contributed by atoms with Gasteiger partial charge in [-0.1, -0.05) is 6.42 Å². The highest BCUT2D eigenvalue weighted by Gasteiger charge is 2.20. The Morgan fingerprint density at radius 2 is 1.76 bits per heavy atom. The second kappa shape index (κ2) is 10.5. The van der Waals surface area contributed by atoms with Gasteiger partial charge in [0.05, 0.1) is 0 Å². The quantitative estimate of drug-likeness (QED) is 0.460. The van der Waals surface area contributed by atoms with Crippen LogP contribution in [0.5, 0.6) is 11.5 Å². The zero-order valence-electron chi connectivity index (χ0n) is 17.3. The number of aromatic hydroxyl groups is 2. The zero-order chi connectivity index (χ0) is 22.2. The van der Waals surface area contributed by atoms with Gasteiger partial charge in [-0.15, -0.1) is 0 Å². The van der Waals surface area contributed by atoms with E-state index >= 15 is 0 Å². The maximum absolute atomic E-state index is 12.2. The standard InChI is InChI=1S/C20H30N2O7/c1-20(2,3)29-19(28)21-11-7-5-6-8-15(24)22(4)12-13-9-10-14(23)16(17(13)25)18(26)27/h9-10,23,25H,5-8,11-12H2,1-4H3,(H,21,28)(H,26,27). The molecule has 0 bridgehead atoms. The molecule has 0 aromatic heterocycles. The Bertz CT molecular complexity index is 741. The summed E-state index contributed by atoms with van der Waals surface area (Å²) in [7, 11) is 1.55. The molecule has 1 aromatic rings. The second-order valence-corrected chi connectivity index (χ2v) is 7.76. The van der Waals surface area contributed by atoms with Crippen LogP contribution in [0, 0.1) is 0 Å². The molecule has 0 aliphatic heterocycles. The molecule has 0 spiro atoms. The van der Waals surface area contributed by atoms with E-state index in [1.54, 1.807) is 27.8 Å². The molecule has 1 aromatic carbocycles. The van der Waals surface area contributed by atoms with Crippen LogP contribution in [0.1, 0.15) is 62.4 Å². The maximum Gasteiger partial charge on any atom is 0.407 e. The van der Waals surface area contributed by atoms with Crippen molar-refractivity contribution in [2.75, 3.05) is 13.6 Å². The van der Waals surface area contributed by atoms with Gasteiger partial charge in [-0.3, -0.25) is 4.79 Å². The summed E-state index contributed by atoms with van der Waals surface area (Å²) in [6.45, 7) is 5.84. The zero-order valence-corrected chi connectivity index (χ0v) is 17.3. The van der Waals surface area contributed by atoms with E-state index in [4.69, 9.17) is 9.84 Å². The van der Waals surface area contributed by atoms with Crippen LogP contribution in [0.4, 0.5) is 4.79 Å². The van der Waals surface area contributed by atoms with Gasteiger partial charge in [0.25, 0.3) is 0 Å². The lowest BCUT2D eigenvalue weighted by molar-refractivity contribution is -0.130. The number of ether oxygens (including phenoxy) is 1. The van der Waals surface area contributed by atoms with Crippen molar-refractivity contribution in [3.05, 3.63) is 23.3 Å². The van der Waals surface area contributed by atoms with Gasteiger partial charge in [0, 0.05) is 32.1 Å². The van der Waals surface area contributed by atoms with Crippen molar-refractivity contribution >= 4 is 18.0 Å². The molecule has 0 aliphatic carbocycles. The summed E-state index contributed by atoms with van der Waals surface area (Å²) in [5, 5.41) is 31.3. The summed E-state index contributed by atoms with van der Waals surface area (Å²) < 4.78 is 5.13. The van der Waals surface area contributed by atoms with Gasteiger partial charge in [0.15, 0.2) is 0 Å². The number of carboxylic acid groups (broad SMARTS) is 1. The fourth-order valence-electron chi connectivity index (χ4n) is 2.58. The number of unbranched alkanes of at least 4 members (excludes halogenated alkanes) is 2. The first-order valence-corrected chi connectivity index (χ1v) is 9.40. The lowest BCUT2D eigenvalue weighted by Crippen LogP contribution is -2.33. The molecule has 0 saturated carbocycles. The summed E-state index contributed by atoms with van der Waals surface area (Å²) >= 11 is 0. The number of hydrogen-bond donors (Lipinski definition) is 4. The Balaban J connectivity index is 2.38. The Labute approximate surface area is 170 Å². The van der Waals surface area contributed by atoms with Gasteiger partial charge in [-0.25, -0.2) is 9.59 Å². The fourth-order valence-corrected chi connectivity index (χ4v) is 2.58. The maximum atomic E-state index is 12.2. The third kappa shape index (κ3) is 8.28. The number of carboxylic acids is 1. The monoisotopic (exact) mass is 410 g/mol. The van der Waals surface area contributed by atoms with E-state index in [2.05, 4.69) is 5.32 Å². The van der Waals surface area contributed by atoms with Crippen LogP contribution < -0.4 is 5.32 Å². The molecule has 0 aliphatic rings. The second-order valence-electron chi connectivity index (χ2n) is 7.76. The number of rotatable bonds is 9. The van der Waals surface area contributed by atoms with Crippen LogP contribution in [-0.4, -0.2) is 57.4 Å². The van der Waals surface area contributed by atoms with Crippen molar-refractivity contribution in [3.8, 4) is 11.5 Å². The minimum atomic E-state index is -1.45. The number of aromatic carboxylic acids is 1. The number of carbonyl (C=O) groups excluding carboxylic acids is 2. The Morgan fingerprint density at radius 3 is 2.34 bits per heavy atom. The SMILES string of the molecule is CN(Cc1ccc(O)c(C(=O)O)c1O)C(=O)CCCCCNC(=O)OC(C)(C)C. The minimum Gasteiger partial charge on any atom is -0.507 e. The third-order valence-electron chi connectivity index (χ3n) is 4.02. The molecule has 9 heteroatoms. The summed E-state index contributed by atoms with van der Waals surface area (Å²) in [6.07, 6.45) is 1.89. The molecule has 0 heterocycles. The van der Waals surface area contributed by atoms with Crippen molar-refractivity contribution < 1.29 is 34.4 Å². The highest BCUT2D eigenvalue weighted by Crippen LogP contribution is 2.31. The Morgan fingerprint density at radius 1 is 1.10 bits per heavy atom. The molecule has 0 unspecified atom stereocenters. The number of nitrogens with one attached hydrogen (secondary N) is 1. The molecule has 0 fully saturated rings. The van der Waals surface area contributed by atoms with E-state index in [0.29, 0.717) is 19.4 Å². The van der Waals surface area contributed by atoms with E-state index in [0.717, 1.165) is 6.42 Å². The molecule has 0 atom stereocenters. The number of hydrogen-bond acceptors (Lipinski definition) is 6. The lowest BCUT2D eigenvalue weighted by Gasteiger charge is -2.20. The van der Waals surface area contributed by atoms with Gasteiger partial charge in [0.1, 0.15) is 22.7 Å². The van der Waals surface area contributed by atoms with E-state index in [9.17, 15) is 24.6 Å². The Kier molecular flexibility index (Phi) is 8.75. The smallest absolute Gasteiger partial charge is 0.407 e. The van der Waals surface area contributed by atoms with E-state index in [1.165, 1.54) is 17.0 Å². The van der Waals surface area contributed by atoms with Gasteiger partial charge < -0.3 is 30.3 Å². The average Bonchev–Trinajstić information content (AvgIpc) is 2.58. The number of amides is 2. The van der Waals surface area contributed by atoms with Crippen LogP contribution in [0.15, 0.2) is 12.1 Å². The number of nitrogens with zero attached hydrogens (tertiary/aromatic N) is 1. The van der Waals surface area contributed by atoms with Crippen LogP contribution in [0.2, 0.25) is 0 Å². The molecule has 162 valence electrons. The van der Waals surface area contributed by atoms with Crippen molar-refractivity contribution in [1.29, 1.82) is 0 Å². The van der Waals surface area contributed by atoms with Crippen molar-refractivity contribution in [1.82, 2.24) is 10.2 Å². The first-order chi connectivity index (χ1) is 13.4. The fraction of sp³-hybridized carbons (Fsp3) is 0.550. The van der Waals surface area contributed by atoms with Gasteiger partial charge in [0.2, 0.25) is 5.91 Å². The van der Waals surface area contributed by atoms with Crippen molar-refractivity contribution in [2.45, 2.75) is 58.6 Å². The number of phenols is 2. The van der Waals surface area contributed by atoms with Crippen LogP contribution >= 0.6 is 0 Å². The minimum absolute atomic E-state index is 0.0193. The first-order valence-electron chi connectivity index (χ1n) is 9.40. The molecule has 1 rings (SSSR count). The predicted octanol–water partition coefficient (Wildman–Crippen LogP) is 2.84. The van der Waals surface area contributed by atoms with Gasteiger partial charge >= 0.3 is 12.1 Å². The normalized spacial score (nSPS) is 11.0. The lowest BCUT2D eigenvalue weighted by atomic mass is 10.1. The summed E-state index contributed by atoms with van der Waals surface area (Å²) in [5.41, 5.74) is -0.892. The number of carbonyl (C=O) groups is 3. The van der Waals surface area contributed by atoms with Gasteiger partial charge in [-0.05, 0) is 45.7 Å². The highest BCUT2D eigenvalue weighted by molar-refractivity contribution is 5.94.